The van der Waals surface area contributed by atoms with Crippen LogP contribution >= 0.6 is 11.8 Å². The van der Waals surface area contributed by atoms with E-state index in [-0.39, 0.29) is 35.5 Å². The van der Waals surface area contributed by atoms with Gasteiger partial charge in [0.25, 0.3) is 0 Å². The molecule has 8 nitrogen and oxygen atoms in total. The van der Waals surface area contributed by atoms with Crippen LogP contribution < -0.4 is 15.4 Å². The van der Waals surface area contributed by atoms with E-state index in [0.29, 0.717) is 37.4 Å². The van der Waals surface area contributed by atoms with Gasteiger partial charge in [0.15, 0.2) is 0 Å². The van der Waals surface area contributed by atoms with Crippen molar-refractivity contribution in [1.29, 1.82) is 0 Å². The summed E-state index contributed by atoms with van der Waals surface area (Å²) in [6, 6.07) is 6.51. The van der Waals surface area contributed by atoms with Crippen molar-refractivity contribution in [1.82, 2.24) is 10.2 Å². The third-order valence-corrected chi connectivity index (χ3v) is 9.84. The van der Waals surface area contributed by atoms with Crippen molar-refractivity contribution in [3.63, 3.8) is 0 Å². The highest BCUT2D eigenvalue weighted by atomic mass is 32.2. The summed E-state index contributed by atoms with van der Waals surface area (Å²) in [5.74, 6) is -0.423. The molecule has 0 radical (unpaired) electrons. The minimum Gasteiger partial charge on any atom is -0.497 e. The number of thioether (sulfide) groups is 1. The van der Waals surface area contributed by atoms with Gasteiger partial charge in [-0.15, -0.1) is 11.8 Å². The third kappa shape index (κ3) is 4.53. The number of amides is 3. The van der Waals surface area contributed by atoms with E-state index in [4.69, 9.17) is 9.84 Å². The zero-order valence-corrected chi connectivity index (χ0v) is 21.6. The van der Waals surface area contributed by atoms with E-state index in [0.717, 1.165) is 19.3 Å². The Morgan fingerprint density at radius 2 is 1.94 bits per heavy atom. The summed E-state index contributed by atoms with van der Waals surface area (Å²) >= 11 is 1.69. The second-order valence-corrected chi connectivity index (χ2v) is 11.4. The molecule has 0 aliphatic carbocycles. The zero-order valence-electron chi connectivity index (χ0n) is 20.8. The van der Waals surface area contributed by atoms with E-state index in [9.17, 15) is 14.4 Å². The number of ether oxygens (including phenoxy) is 1. The molecule has 1 aromatic rings. The Kier molecular flexibility index (Phi) is 7.96. The number of benzene rings is 1. The normalized spacial score (nSPS) is 30.9. The number of likely N-dealkylation sites (tertiary alicyclic amines) is 1. The van der Waals surface area contributed by atoms with Gasteiger partial charge in [-0.25, -0.2) is 0 Å². The lowest BCUT2D eigenvalue weighted by molar-refractivity contribution is -0.139. The third-order valence-electron chi connectivity index (χ3n) is 7.76. The van der Waals surface area contributed by atoms with Crippen LogP contribution in [0.4, 0.5) is 5.69 Å². The maximum absolute atomic E-state index is 13.9. The number of hydrogen-bond donors (Lipinski definition) is 3. The maximum atomic E-state index is 13.9. The van der Waals surface area contributed by atoms with Crippen LogP contribution in [0.5, 0.6) is 5.75 Å². The molecule has 3 amide bonds. The first-order chi connectivity index (χ1) is 16.9. The van der Waals surface area contributed by atoms with Gasteiger partial charge in [-0.2, -0.15) is 0 Å². The Morgan fingerprint density at radius 1 is 1.20 bits per heavy atom. The van der Waals surface area contributed by atoms with Crippen molar-refractivity contribution in [2.75, 3.05) is 32.1 Å². The Morgan fingerprint density at radius 3 is 2.60 bits per heavy atom. The Bertz CT molecular complexity index is 941. The van der Waals surface area contributed by atoms with Crippen LogP contribution in [0.3, 0.4) is 0 Å². The van der Waals surface area contributed by atoms with E-state index >= 15 is 0 Å². The highest BCUT2D eigenvalue weighted by molar-refractivity contribution is 8.02. The molecule has 3 N–H and O–H groups in total. The van der Waals surface area contributed by atoms with Crippen LogP contribution in [0.2, 0.25) is 0 Å². The molecule has 6 atom stereocenters. The van der Waals surface area contributed by atoms with Crippen molar-refractivity contribution < 1.29 is 24.2 Å². The Labute approximate surface area is 211 Å². The average molecular weight is 504 g/mol. The van der Waals surface area contributed by atoms with Crippen LogP contribution in [0.1, 0.15) is 46.0 Å². The standard InChI is InChI=1S/C26H37N3O5S/c1-4-12-27-23(31)20-19-15-16(2)26(35-19)21(20)25(33)29(13-6-5-7-14-30)22(26)24(32)28-17-8-10-18(34-3)11-9-17/h8-11,16,19-22,30H,4-7,12-15H2,1-3H3,(H,27,31)(H,28,32)/t16?,19-,20+,21+,22?,26?/m1/s1. The second kappa shape index (κ2) is 10.8. The molecule has 2 bridgehead atoms. The number of anilines is 1. The SMILES string of the molecule is CCCNC(=O)[C@@H]1[C@H]2C(=O)N(CCCCCO)C(C(=O)Nc3ccc(OC)cc3)C23S[C@@H]1CC3C. The minimum absolute atomic E-state index is 0.0450. The molecule has 3 saturated heterocycles. The van der Waals surface area contributed by atoms with Crippen LogP contribution in [0, 0.1) is 17.8 Å². The molecule has 1 spiro atoms. The molecule has 3 heterocycles. The maximum Gasteiger partial charge on any atom is 0.248 e. The molecule has 3 aliphatic rings. The largest absolute Gasteiger partial charge is 0.497 e. The predicted molar refractivity (Wildman–Crippen MR) is 136 cm³/mol. The van der Waals surface area contributed by atoms with Crippen molar-refractivity contribution in [3.05, 3.63) is 24.3 Å². The summed E-state index contributed by atoms with van der Waals surface area (Å²) in [7, 11) is 1.59. The van der Waals surface area contributed by atoms with Gasteiger partial charge < -0.3 is 25.4 Å². The number of nitrogens with one attached hydrogen (secondary N) is 2. The van der Waals surface area contributed by atoms with E-state index in [1.807, 2.05) is 6.92 Å². The first-order valence-corrected chi connectivity index (χ1v) is 13.6. The van der Waals surface area contributed by atoms with Gasteiger partial charge in [0, 0.05) is 30.6 Å². The second-order valence-electron chi connectivity index (χ2n) is 9.88. The lowest BCUT2D eigenvalue weighted by Crippen LogP contribution is -2.55. The van der Waals surface area contributed by atoms with Gasteiger partial charge in [0.2, 0.25) is 17.7 Å². The van der Waals surface area contributed by atoms with E-state index in [2.05, 4.69) is 17.6 Å². The number of aliphatic hydroxyl groups is 1. The molecule has 35 heavy (non-hydrogen) atoms. The zero-order chi connectivity index (χ0) is 25.2. The van der Waals surface area contributed by atoms with Crippen molar-refractivity contribution >= 4 is 35.2 Å². The highest BCUT2D eigenvalue weighted by Crippen LogP contribution is 2.68. The fraction of sp³-hybridized carbons (Fsp3) is 0.654. The summed E-state index contributed by atoms with van der Waals surface area (Å²) in [5, 5.41) is 15.3. The van der Waals surface area contributed by atoms with E-state index in [1.54, 1.807) is 48.0 Å². The number of carbonyl (C=O) groups excluding carboxylic acids is 3. The topological polar surface area (TPSA) is 108 Å². The average Bonchev–Trinajstić information content (AvgIpc) is 3.44. The van der Waals surface area contributed by atoms with Gasteiger partial charge in [0.1, 0.15) is 11.8 Å². The predicted octanol–water partition coefficient (Wildman–Crippen LogP) is 2.66. The molecule has 3 unspecified atom stereocenters. The van der Waals surface area contributed by atoms with Crippen LogP contribution in [-0.2, 0) is 14.4 Å². The number of fused-ring (bicyclic) bond motifs is 1. The van der Waals surface area contributed by atoms with Gasteiger partial charge >= 0.3 is 0 Å². The first-order valence-electron chi connectivity index (χ1n) is 12.7. The molecule has 4 rings (SSSR count). The Hall–Kier alpha value is -2.26. The van der Waals surface area contributed by atoms with Crippen molar-refractivity contribution in [3.8, 4) is 5.75 Å². The number of aliphatic hydroxyl groups excluding tert-OH is 1. The van der Waals surface area contributed by atoms with E-state index < -0.39 is 22.6 Å². The highest BCUT2D eigenvalue weighted by Gasteiger charge is 2.75. The lowest BCUT2D eigenvalue weighted by atomic mass is 9.66. The van der Waals surface area contributed by atoms with Crippen molar-refractivity contribution in [2.45, 2.75) is 62.0 Å². The number of hydrogen-bond acceptors (Lipinski definition) is 6. The van der Waals surface area contributed by atoms with Gasteiger partial charge in [-0.05, 0) is 62.3 Å². The van der Waals surface area contributed by atoms with Crippen molar-refractivity contribution in [2.24, 2.45) is 17.8 Å². The monoisotopic (exact) mass is 503 g/mol. The van der Waals surface area contributed by atoms with Gasteiger partial charge in [0.05, 0.1) is 23.7 Å². The fourth-order valence-corrected chi connectivity index (χ4v) is 8.60. The van der Waals surface area contributed by atoms with Gasteiger partial charge in [-0.1, -0.05) is 13.8 Å². The molecule has 0 saturated carbocycles. The van der Waals surface area contributed by atoms with Crippen LogP contribution in [0.15, 0.2) is 24.3 Å². The molecule has 9 heteroatoms. The molecule has 192 valence electrons. The fourth-order valence-electron chi connectivity index (χ4n) is 6.18. The summed E-state index contributed by atoms with van der Waals surface area (Å²) in [4.78, 5) is 42.7. The lowest BCUT2D eigenvalue weighted by Gasteiger charge is -2.38. The first kappa shape index (κ1) is 25.8. The smallest absolute Gasteiger partial charge is 0.248 e. The molecule has 3 aliphatic heterocycles. The number of methoxy groups -OCH3 is 1. The molecular weight excluding hydrogens is 466 g/mol. The Balaban J connectivity index is 1.65. The number of unbranched alkanes of at least 4 members (excludes halogenated alkanes) is 2. The van der Waals surface area contributed by atoms with Crippen LogP contribution in [0.25, 0.3) is 0 Å². The molecular formula is C26H37N3O5S. The molecule has 1 aromatic carbocycles. The minimum atomic E-state index is -0.648. The number of carbonyl (C=O) groups is 3. The summed E-state index contributed by atoms with van der Waals surface area (Å²) in [6.45, 7) is 5.27. The van der Waals surface area contributed by atoms with Gasteiger partial charge in [-0.3, -0.25) is 14.4 Å². The molecule has 0 aromatic heterocycles. The summed E-state index contributed by atoms with van der Waals surface area (Å²) in [6.07, 6.45) is 3.80. The quantitative estimate of drug-likeness (QED) is 0.401. The summed E-state index contributed by atoms with van der Waals surface area (Å²) < 4.78 is 4.60. The number of nitrogens with zero attached hydrogens (tertiary/aromatic N) is 1. The summed E-state index contributed by atoms with van der Waals surface area (Å²) in [5.41, 5.74) is 0.644. The molecule has 3 fully saturated rings. The number of rotatable bonds is 11. The van der Waals surface area contributed by atoms with E-state index in [1.165, 1.54) is 0 Å². The van der Waals surface area contributed by atoms with Crippen LogP contribution in [-0.4, -0.2) is 70.6 Å².